The minimum absolute atomic E-state index is 0.329. The van der Waals surface area contributed by atoms with Crippen LogP contribution in [0.15, 0.2) is 46.5 Å². The predicted molar refractivity (Wildman–Crippen MR) is 105 cm³/mol. The smallest absolute Gasteiger partial charge is 0.221 e. The number of aromatic nitrogens is 1. The van der Waals surface area contributed by atoms with Crippen molar-refractivity contribution in [2.75, 3.05) is 6.67 Å². The molecule has 6 nitrogen and oxygen atoms in total. The first kappa shape index (κ1) is 18.8. The van der Waals surface area contributed by atoms with Crippen LogP contribution >= 0.6 is 0 Å². The Morgan fingerprint density at radius 1 is 1.19 bits per heavy atom. The van der Waals surface area contributed by atoms with Crippen molar-refractivity contribution in [2.24, 2.45) is 9.98 Å². The molecule has 0 fully saturated rings. The summed E-state index contributed by atoms with van der Waals surface area (Å²) in [6.07, 6.45) is 3.40. The van der Waals surface area contributed by atoms with Gasteiger partial charge in [-0.15, -0.1) is 0 Å². The fourth-order valence-electron chi connectivity index (χ4n) is 2.58. The number of rotatable bonds is 5. The van der Waals surface area contributed by atoms with Crippen LogP contribution in [-0.2, 0) is 0 Å². The van der Waals surface area contributed by atoms with Gasteiger partial charge in [-0.2, -0.15) is 0 Å². The number of nitrogens with zero attached hydrogens (tertiary/aromatic N) is 4. The van der Waals surface area contributed by atoms with Gasteiger partial charge in [0.05, 0.1) is 25.2 Å². The van der Waals surface area contributed by atoms with Crippen LogP contribution in [-0.4, -0.2) is 34.9 Å². The van der Waals surface area contributed by atoms with Gasteiger partial charge in [0.25, 0.3) is 0 Å². The summed E-state index contributed by atoms with van der Waals surface area (Å²) >= 11 is 0. The lowest BCUT2D eigenvalue weighted by Crippen LogP contribution is -2.44. The minimum atomic E-state index is -0.407. The highest BCUT2D eigenvalue weighted by atomic mass is 19.1. The standard InChI is InChI=1S/C20H24FN5O/c1-13(2)26-11-23-20(24-12-26)25-15(4)18-9-16(7-8-19(18)21)27-17-6-5-14(3)22-10-17/h5-11,13,15H,12H2,1-4H3,(H,24,25)/t15-/m0/s1. The van der Waals surface area contributed by atoms with Crippen LogP contribution in [0.3, 0.4) is 0 Å². The number of aryl methyl sites for hydroxylation is 1. The molecular weight excluding hydrogens is 345 g/mol. The van der Waals surface area contributed by atoms with Crippen LogP contribution in [0, 0.1) is 12.7 Å². The van der Waals surface area contributed by atoms with E-state index in [0.717, 1.165) is 5.69 Å². The maximum absolute atomic E-state index is 14.3. The Kier molecular flexibility index (Phi) is 5.69. The summed E-state index contributed by atoms with van der Waals surface area (Å²) in [6, 6.07) is 8.28. The van der Waals surface area contributed by atoms with E-state index in [4.69, 9.17) is 4.74 Å². The number of hydrogen-bond acceptors (Lipinski definition) is 4. The molecule has 0 amide bonds. The van der Waals surface area contributed by atoms with Crippen molar-refractivity contribution in [2.45, 2.75) is 39.8 Å². The third-order valence-corrected chi connectivity index (χ3v) is 4.26. The fraction of sp³-hybridized carbons (Fsp3) is 0.350. The van der Waals surface area contributed by atoms with Crippen molar-refractivity contribution in [1.82, 2.24) is 15.2 Å². The van der Waals surface area contributed by atoms with Gasteiger partial charge < -0.3 is 15.0 Å². The van der Waals surface area contributed by atoms with Crippen LogP contribution in [0.2, 0.25) is 0 Å². The summed E-state index contributed by atoms with van der Waals surface area (Å²) in [7, 11) is 0. The van der Waals surface area contributed by atoms with E-state index in [0.29, 0.717) is 35.7 Å². The summed E-state index contributed by atoms with van der Waals surface area (Å²) < 4.78 is 20.1. The predicted octanol–water partition coefficient (Wildman–Crippen LogP) is 4.04. The van der Waals surface area contributed by atoms with E-state index in [1.165, 1.54) is 6.07 Å². The Bertz CT molecular complexity index is 848. The molecule has 0 spiro atoms. The molecule has 1 atom stereocenters. The number of hydrogen-bond donors (Lipinski definition) is 1. The average Bonchev–Trinajstić information content (AvgIpc) is 2.65. The molecule has 1 aliphatic heterocycles. The van der Waals surface area contributed by atoms with Crippen molar-refractivity contribution < 1.29 is 9.13 Å². The molecule has 0 saturated heterocycles. The molecule has 0 bridgehead atoms. The topological polar surface area (TPSA) is 62.1 Å². The molecule has 3 rings (SSSR count). The second-order valence-electron chi connectivity index (χ2n) is 6.74. The van der Waals surface area contributed by atoms with Gasteiger partial charge >= 0.3 is 0 Å². The molecule has 1 aromatic heterocycles. The summed E-state index contributed by atoms with van der Waals surface area (Å²) in [4.78, 5) is 15.0. The third-order valence-electron chi connectivity index (χ3n) is 4.26. The lowest BCUT2D eigenvalue weighted by molar-refractivity contribution is 0.346. The van der Waals surface area contributed by atoms with Crippen molar-refractivity contribution in [1.29, 1.82) is 0 Å². The fourth-order valence-corrected chi connectivity index (χ4v) is 2.58. The SMILES string of the molecule is Cc1ccc(Oc2ccc(F)c([C@H](C)N=C3N=CN(C(C)C)CN3)c2)cn1. The molecule has 0 saturated carbocycles. The van der Waals surface area contributed by atoms with E-state index in [1.807, 2.05) is 30.9 Å². The van der Waals surface area contributed by atoms with Crippen molar-refractivity contribution >= 4 is 12.3 Å². The van der Waals surface area contributed by atoms with Gasteiger partial charge in [0.15, 0.2) is 0 Å². The Labute approximate surface area is 158 Å². The Morgan fingerprint density at radius 3 is 2.59 bits per heavy atom. The van der Waals surface area contributed by atoms with E-state index in [1.54, 1.807) is 24.7 Å². The molecule has 142 valence electrons. The number of ether oxygens (including phenoxy) is 1. The molecule has 1 aliphatic rings. The van der Waals surface area contributed by atoms with Crippen molar-refractivity contribution in [3.05, 3.63) is 53.6 Å². The van der Waals surface area contributed by atoms with Crippen LogP contribution in [0.4, 0.5) is 4.39 Å². The quantitative estimate of drug-likeness (QED) is 0.864. The zero-order valence-electron chi connectivity index (χ0n) is 16.0. The van der Waals surface area contributed by atoms with Gasteiger partial charge in [0, 0.05) is 17.3 Å². The van der Waals surface area contributed by atoms with Gasteiger partial charge in [-0.25, -0.2) is 14.4 Å². The highest BCUT2D eigenvalue weighted by Crippen LogP contribution is 2.28. The highest BCUT2D eigenvalue weighted by molar-refractivity contribution is 5.89. The number of nitrogens with one attached hydrogen (secondary N) is 1. The van der Waals surface area contributed by atoms with Crippen LogP contribution < -0.4 is 10.1 Å². The third kappa shape index (κ3) is 4.81. The first-order chi connectivity index (χ1) is 12.9. The van der Waals surface area contributed by atoms with Gasteiger partial charge in [0.1, 0.15) is 17.3 Å². The second-order valence-corrected chi connectivity index (χ2v) is 6.74. The molecule has 2 heterocycles. The maximum atomic E-state index is 14.3. The van der Waals surface area contributed by atoms with E-state index in [2.05, 4.69) is 34.1 Å². The average molecular weight is 369 g/mol. The van der Waals surface area contributed by atoms with Crippen LogP contribution in [0.25, 0.3) is 0 Å². The summed E-state index contributed by atoms with van der Waals surface area (Å²) in [5, 5.41) is 3.15. The largest absolute Gasteiger partial charge is 0.456 e. The molecule has 1 aromatic carbocycles. The molecule has 27 heavy (non-hydrogen) atoms. The highest BCUT2D eigenvalue weighted by Gasteiger charge is 2.15. The zero-order chi connectivity index (χ0) is 19.4. The first-order valence-corrected chi connectivity index (χ1v) is 8.94. The lowest BCUT2D eigenvalue weighted by atomic mass is 10.1. The van der Waals surface area contributed by atoms with Crippen LogP contribution in [0.1, 0.15) is 38.1 Å². The number of halogens is 1. The monoisotopic (exact) mass is 369 g/mol. The number of pyridine rings is 1. The zero-order valence-corrected chi connectivity index (χ0v) is 16.0. The summed E-state index contributed by atoms with van der Waals surface area (Å²) in [5.74, 6) is 1.30. The molecule has 0 unspecified atom stereocenters. The van der Waals surface area contributed by atoms with Gasteiger partial charge in [-0.05, 0) is 58.0 Å². The van der Waals surface area contributed by atoms with Crippen molar-refractivity contribution in [3.63, 3.8) is 0 Å². The number of aliphatic imine (C=N–C) groups is 2. The molecule has 7 heteroatoms. The number of benzene rings is 1. The number of guanidine groups is 1. The minimum Gasteiger partial charge on any atom is -0.456 e. The van der Waals surface area contributed by atoms with Gasteiger partial charge in [-0.3, -0.25) is 4.98 Å². The van der Waals surface area contributed by atoms with E-state index < -0.39 is 6.04 Å². The molecule has 1 N–H and O–H groups in total. The van der Waals surface area contributed by atoms with Gasteiger partial charge in [0.2, 0.25) is 5.96 Å². The second kappa shape index (κ2) is 8.16. The van der Waals surface area contributed by atoms with Crippen molar-refractivity contribution in [3.8, 4) is 11.5 Å². The Hall–Kier alpha value is -2.96. The van der Waals surface area contributed by atoms with E-state index in [-0.39, 0.29) is 5.82 Å². The van der Waals surface area contributed by atoms with E-state index in [9.17, 15) is 4.39 Å². The van der Waals surface area contributed by atoms with Gasteiger partial charge in [-0.1, -0.05) is 0 Å². The molecule has 0 aliphatic carbocycles. The maximum Gasteiger partial charge on any atom is 0.221 e. The molecule has 2 aromatic rings. The normalized spacial score (nSPS) is 16.5. The van der Waals surface area contributed by atoms with Crippen LogP contribution in [0.5, 0.6) is 11.5 Å². The molecule has 0 radical (unpaired) electrons. The summed E-state index contributed by atoms with van der Waals surface area (Å²) in [5.41, 5.74) is 1.35. The first-order valence-electron chi connectivity index (χ1n) is 8.94. The Balaban J connectivity index is 1.76. The Morgan fingerprint density at radius 2 is 1.96 bits per heavy atom. The van der Waals surface area contributed by atoms with E-state index >= 15 is 0 Å². The molecular formula is C20H24FN5O. The summed E-state index contributed by atoms with van der Waals surface area (Å²) in [6.45, 7) is 8.53. The lowest BCUT2D eigenvalue weighted by Gasteiger charge is -2.28.